The van der Waals surface area contributed by atoms with Crippen LogP contribution in [-0.4, -0.2) is 20.1 Å². The van der Waals surface area contributed by atoms with Gasteiger partial charge in [-0.15, -0.1) is 0 Å². The molecule has 0 unspecified atom stereocenters. The lowest BCUT2D eigenvalue weighted by atomic mass is 10.2. The minimum Gasteiger partial charge on any atom is -0.493 e. The van der Waals surface area contributed by atoms with Crippen molar-refractivity contribution in [2.24, 2.45) is 0 Å². The number of rotatable bonds is 6. The minimum atomic E-state index is -0.144. The van der Waals surface area contributed by atoms with Gasteiger partial charge in [0.15, 0.2) is 11.5 Å². The number of carbonyl (C=O) groups is 1. The average molecular weight is 340 g/mol. The van der Waals surface area contributed by atoms with Gasteiger partial charge in [0.1, 0.15) is 0 Å². The van der Waals surface area contributed by atoms with Gasteiger partial charge in [-0.3, -0.25) is 4.79 Å². The van der Waals surface area contributed by atoms with E-state index in [2.05, 4.69) is 21.2 Å². The third-order valence-corrected chi connectivity index (χ3v) is 3.10. The maximum absolute atomic E-state index is 11.6. The summed E-state index contributed by atoms with van der Waals surface area (Å²) in [5, 5.41) is 2.80. The first-order valence-electron chi connectivity index (χ1n) is 6.10. The summed E-state index contributed by atoms with van der Waals surface area (Å²) in [5.74, 6) is 1.11. The van der Waals surface area contributed by atoms with Crippen LogP contribution in [0.5, 0.6) is 11.5 Å². The second-order valence-electron chi connectivity index (χ2n) is 3.92. The lowest BCUT2D eigenvalue weighted by Crippen LogP contribution is -2.20. The monoisotopic (exact) mass is 339 g/mol. The Morgan fingerprint density at radius 2 is 2.05 bits per heavy atom. The number of hydrogen-bond donors (Lipinski definition) is 1. The first-order chi connectivity index (χ1) is 9.62. The second kappa shape index (κ2) is 8.43. The van der Waals surface area contributed by atoms with Crippen LogP contribution in [0.2, 0.25) is 0 Å². The van der Waals surface area contributed by atoms with Gasteiger partial charge >= 0.3 is 0 Å². The van der Waals surface area contributed by atoms with Crippen molar-refractivity contribution >= 4 is 21.8 Å². The highest BCUT2D eigenvalue weighted by Crippen LogP contribution is 2.36. The lowest BCUT2D eigenvalue weighted by Gasteiger charge is -2.12. The molecule has 0 radical (unpaired) electrons. The highest BCUT2D eigenvalue weighted by Gasteiger charge is 2.10. The zero-order valence-corrected chi connectivity index (χ0v) is 13.4. The van der Waals surface area contributed by atoms with E-state index in [1.165, 1.54) is 6.08 Å². The number of nitrogens with one attached hydrogen (secondary N) is 1. The fraction of sp³-hybridized carbons (Fsp3) is 0.267. The minimum absolute atomic E-state index is 0.144. The molecule has 0 spiro atoms. The summed E-state index contributed by atoms with van der Waals surface area (Å²) < 4.78 is 11.3. The van der Waals surface area contributed by atoms with E-state index in [9.17, 15) is 4.79 Å². The Bertz CT molecular complexity index is 524. The highest BCUT2D eigenvalue weighted by molar-refractivity contribution is 9.10. The van der Waals surface area contributed by atoms with Gasteiger partial charge in [0.2, 0.25) is 5.91 Å². The van der Waals surface area contributed by atoms with Crippen LogP contribution in [0.4, 0.5) is 0 Å². The molecule has 5 heteroatoms. The van der Waals surface area contributed by atoms with Crippen LogP contribution < -0.4 is 14.8 Å². The quantitative estimate of drug-likeness (QED) is 0.639. The van der Waals surface area contributed by atoms with E-state index in [1.54, 1.807) is 26.4 Å². The van der Waals surface area contributed by atoms with Crippen molar-refractivity contribution in [1.82, 2.24) is 5.32 Å². The standard InChI is InChI=1S/C15H18BrNO3/c1-4-5-6-7-14(18)17-10-11-8-12(16)15(20-3)13(9-11)19-2/h4-9H,10H2,1-3H3,(H,17,18)/b5-4+,7-6+. The number of ether oxygens (including phenoxy) is 2. The Balaban J connectivity index is 2.74. The molecule has 1 N–H and O–H groups in total. The summed E-state index contributed by atoms with van der Waals surface area (Å²) in [6, 6.07) is 3.72. The van der Waals surface area contributed by atoms with Crippen molar-refractivity contribution in [2.45, 2.75) is 13.5 Å². The molecule has 0 atom stereocenters. The molecule has 1 aromatic rings. The summed E-state index contributed by atoms with van der Waals surface area (Å²) in [4.78, 5) is 11.6. The van der Waals surface area contributed by atoms with Crippen LogP contribution in [0.25, 0.3) is 0 Å². The zero-order valence-electron chi connectivity index (χ0n) is 11.8. The van der Waals surface area contributed by atoms with E-state index in [0.717, 1.165) is 10.0 Å². The van der Waals surface area contributed by atoms with Gasteiger partial charge in [0.05, 0.1) is 18.7 Å². The van der Waals surface area contributed by atoms with E-state index in [0.29, 0.717) is 18.0 Å². The zero-order chi connectivity index (χ0) is 15.0. The van der Waals surface area contributed by atoms with Gasteiger partial charge in [-0.2, -0.15) is 0 Å². The summed E-state index contributed by atoms with van der Waals surface area (Å²) in [6.07, 6.45) is 6.83. The van der Waals surface area contributed by atoms with Crippen LogP contribution >= 0.6 is 15.9 Å². The third-order valence-electron chi connectivity index (χ3n) is 2.51. The molecule has 1 aromatic carbocycles. The van der Waals surface area contributed by atoms with Crippen molar-refractivity contribution in [1.29, 1.82) is 0 Å². The largest absolute Gasteiger partial charge is 0.493 e. The number of carbonyl (C=O) groups excluding carboxylic acids is 1. The molecule has 20 heavy (non-hydrogen) atoms. The normalized spacial score (nSPS) is 11.0. The van der Waals surface area contributed by atoms with Crippen LogP contribution in [-0.2, 0) is 11.3 Å². The predicted octanol–water partition coefficient (Wildman–Crippen LogP) is 3.21. The van der Waals surface area contributed by atoms with Gasteiger partial charge in [-0.05, 0) is 40.5 Å². The molecule has 0 fully saturated rings. The van der Waals surface area contributed by atoms with Crippen LogP contribution in [0, 0.1) is 0 Å². The molecule has 0 aliphatic carbocycles. The number of allylic oxidation sites excluding steroid dienone is 3. The maximum Gasteiger partial charge on any atom is 0.244 e. The molecule has 0 aromatic heterocycles. The van der Waals surface area contributed by atoms with Gasteiger partial charge in [-0.1, -0.05) is 18.2 Å². The number of methoxy groups -OCH3 is 2. The Morgan fingerprint density at radius 1 is 1.30 bits per heavy atom. The average Bonchev–Trinajstić information content (AvgIpc) is 2.44. The van der Waals surface area contributed by atoms with Crippen molar-refractivity contribution in [3.63, 3.8) is 0 Å². The van der Waals surface area contributed by atoms with Gasteiger partial charge in [0.25, 0.3) is 0 Å². The third kappa shape index (κ3) is 4.74. The van der Waals surface area contributed by atoms with E-state index in [4.69, 9.17) is 9.47 Å². The predicted molar refractivity (Wildman–Crippen MR) is 83.0 cm³/mol. The smallest absolute Gasteiger partial charge is 0.244 e. The van der Waals surface area contributed by atoms with Crippen LogP contribution in [0.1, 0.15) is 12.5 Å². The molecule has 0 saturated heterocycles. The number of benzene rings is 1. The van der Waals surface area contributed by atoms with Crippen LogP contribution in [0.3, 0.4) is 0 Å². The van der Waals surface area contributed by atoms with Crippen molar-refractivity contribution in [3.05, 3.63) is 46.5 Å². The first kappa shape index (κ1) is 16.3. The molecule has 1 amide bonds. The molecule has 0 heterocycles. The Hall–Kier alpha value is -1.75. The molecule has 108 valence electrons. The number of halogens is 1. The van der Waals surface area contributed by atoms with Crippen molar-refractivity contribution in [3.8, 4) is 11.5 Å². The molecule has 1 rings (SSSR count). The molecular weight excluding hydrogens is 322 g/mol. The molecule has 0 bridgehead atoms. The Kier molecular flexibility index (Phi) is 6.87. The Morgan fingerprint density at radius 3 is 2.65 bits per heavy atom. The van der Waals surface area contributed by atoms with E-state index >= 15 is 0 Å². The topological polar surface area (TPSA) is 47.6 Å². The number of hydrogen-bond acceptors (Lipinski definition) is 3. The fourth-order valence-electron chi connectivity index (χ4n) is 1.58. The maximum atomic E-state index is 11.6. The molecule has 0 saturated carbocycles. The molecule has 4 nitrogen and oxygen atoms in total. The summed E-state index contributed by atoms with van der Waals surface area (Å²) in [6.45, 7) is 2.31. The van der Waals surface area contributed by atoms with Crippen molar-refractivity contribution < 1.29 is 14.3 Å². The van der Waals surface area contributed by atoms with E-state index in [-0.39, 0.29) is 5.91 Å². The second-order valence-corrected chi connectivity index (χ2v) is 4.77. The van der Waals surface area contributed by atoms with Crippen molar-refractivity contribution in [2.75, 3.05) is 14.2 Å². The van der Waals surface area contributed by atoms with Gasteiger partial charge < -0.3 is 14.8 Å². The summed E-state index contributed by atoms with van der Waals surface area (Å²) in [7, 11) is 3.16. The summed E-state index contributed by atoms with van der Waals surface area (Å²) in [5.41, 5.74) is 0.919. The van der Waals surface area contributed by atoms with Gasteiger partial charge in [-0.25, -0.2) is 0 Å². The molecule has 0 aliphatic heterocycles. The van der Waals surface area contributed by atoms with Crippen LogP contribution in [0.15, 0.2) is 40.9 Å². The number of amides is 1. The van der Waals surface area contributed by atoms with E-state index in [1.807, 2.05) is 25.1 Å². The fourth-order valence-corrected chi connectivity index (χ4v) is 2.23. The Labute approximate surface area is 127 Å². The summed E-state index contributed by atoms with van der Waals surface area (Å²) >= 11 is 3.42. The first-order valence-corrected chi connectivity index (χ1v) is 6.89. The SMILES string of the molecule is C/C=C/C=C/C(=O)NCc1cc(Br)c(OC)c(OC)c1. The van der Waals surface area contributed by atoms with Gasteiger partial charge in [0, 0.05) is 12.6 Å². The van der Waals surface area contributed by atoms with E-state index < -0.39 is 0 Å². The highest BCUT2D eigenvalue weighted by atomic mass is 79.9. The lowest BCUT2D eigenvalue weighted by molar-refractivity contribution is -0.116. The molecular formula is C15H18BrNO3. The molecule has 0 aliphatic rings.